The van der Waals surface area contributed by atoms with Crippen LogP contribution in [0.25, 0.3) is 0 Å². The van der Waals surface area contributed by atoms with E-state index in [1.54, 1.807) is 0 Å². The quantitative estimate of drug-likeness (QED) is 0.771. The van der Waals surface area contributed by atoms with Crippen LogP contribution in [0.1, 0.15) is 5.56 Å². The highest BCUT2D eigenvalue weighted by atomic mass is 19.3. The van der Waals surface area contributed by atoms with Crippen LogP contribution < -0.4 is 10.1 Å². The van der Waals surface area contributed by atoms with Gasteiger partial charge in [0, 0.05) is 33.2 Å². The van der Waals surface area contributed by atoms with Crippen LogP contribution in [0.4, 0.5) is 13.6 Å². The van der Waals surface area contributed by atoms with Crippen LogP contribution in [0.5, 0.6) is 5.75 Å². The minimum atomic E-state index is -2.54. The van der Waals surface area contributed by atoms with Crippen LogP contribution in [-0.4, -0.2) is 75.3 Å². The Morgan fingerprint density at radius 3 is 2.88 bits per heavy atom. The fourth-order valence-electron chi connectivity index (χ4n) is 2.47. The van der Waals surface area contributed by atoms with Crippen molar-refractivity contribution in [3.8, 4) is 5.75 Å². The van der Waals surface area contributed by atoms with E-state index in [1.165, 1.54) is 7.05 Å². The van der Waals surface area contributed by atoms with E-state index in [0.717, 1.165) is 49.1 Å². The lowest BCUT2D eigenvalue weighted by atomic mass is 10.2. The summed E-state index contributed by atoms with van der Waals surface area (Å²) < 4.78 is 35.6. The Morgan fingerprint density at radius 2 is 2.16 bits per heavy atom. The van der Waals surface area contributed by atoms with Crippen LogP contribution >= 0.6 is 0 Å². The summed E-state index contributed by atoms with van der Waals surface area (Å²) in [6.07, 6.45) is -2.54. The number of nitrogens with zero attached hydrogens (tertiary/aromatic N) is 2. The fourth-order valence-corrected chi connectivity index (χ4v) is 2.47. The number of benzene rings is 1. The van der Waals surface area contributed by atoms with E-state index >= 15 is 0 Å². The Hall–Kier alpha value is -1.93. The first-order chi connectivity index (χ1) is 12.0. The maximum absolute atomic E-state index is 12.3. The van der Waals surface area contributed by atoms with E-state index in [0.29, 0.717) is 6.61 Å². The third-order valence-corrected chi connectivity index (χ3v) is 3.88. The molecule has 1 aromatic carbocycles. The van der Waals surface area contributed by atoms with Crippen molar-refractivity contribution in [2.75, 3.05) is 53.0 Å². The Bertz CT molecular complexity index is 540. The molecule has 2 amide bonds. The number of halogens is 2. The fraction of sp³-hybridized carbons (Fsp3) is 0.588. The molecule has 0 radical (unpaired) electrons. The molecule has 1 aliphatic rings. The number of morpholine rings is 1. The van der Waals surface area contributed by atoms with Gasteiger partial charge < -0.3 is 19.7 Å². The number of hydrogen-bond donors (Lipinski definition) is 1. The number of nitrogens with one attached hydrogen (secondary N) is 1. The summed E-state index contributed by atoms with van der Waals surface area (Å²) in [5, 5.41) is 2.62. The first-order valence-corrected chi connectivity index (χ1v) is 8.33. The summed E-state index contributed by atoms with van der Waals surface area (Å²) in [4.78, 5) is 15.0. The van der Waals surface area contributed by atoms with Crippen molar-refractivity contribution in [2.45, 2.75) is 13.0 Å². The predicted molar refractivity (Wildman–Crippen MR) is 90.1 cm³/mol. The molecule has 0 atom stereocenters. The van der Waals surface area contributed by atoms with Crippen molar-refractivity contribution in [3.05, 3.63) is 29.8 Å². The Balaban J connectivity index is 1.73. The third-order valence-electron chi connectivity index (χ3n) is 3.88. The molecular formula is C17H25F2N3O3. The first-order valence-electron chi connectivity index (χ1n) is 8.33. The summed E-state index contributed by atoms with van der Waals surface area (Å²) in [6, 6.07) is 6.86. The van der Waals surface area contributed by atoms with Gasteiger partial charge in [-0.2, -0.15) is 0 Å². The lowest BCUT2D eigenvalue weighted by Crippen LogP contribution is -2.39. The lowest BCUT2D eigenvalue weighted by Gasteiger charge is -2.26. The number of hydrogen-bond acceptors (Lipinski definition) is 4. The van der Waals surface area contributed by atoms with Crippen molar-refractivity contribution >= 4 is 6.03 Å². The van der Waals surface area contributed by atoms with Gasteiger partial charge in [0.2, 0.25) is 0 Å². The van der Waals surface area contributed by atoms with Gasteiger partial charge in [0.05, 0.1) is 19.8 Å². The maximum Gasteiger partial charge on any atom is 0.317 e. The normalized spacial score (nSPS) is 15.2. The Labute approximate surface area is 146 Å². The average Bonchev–Trinajstić information content (AvgIpc) is 2.60. The van der Waals surface area contributed by atoms with E-state index in [2.05, 4.69) is 10.2 Å². The van der Waals surface area contributed by atoms with Crippen molar-refractivity contribution in [3.63, 3.8) is 0 Å². The molecule has 2 rings (SSSR count). The molecule has 140 valence electrons. The molecule has 25 heavy (non-hydrogen) atoms. The maximum atomic E-state index is 12.3. The summed E-state index contributed by atoms with van der Waals surface area (Å²) in [5.74, 6) is 0.723. The zero-order valence-electron chi connectivity index (χ0n) is 14.4. The number of urea groups is 1. The molecule has 0 aliphatic carbocycles. The van der Waals surface area contributed by atoms with Gasteiger partial charge in [-0.15, -0.1) is 0 Å². The molecule has 8 heteroatoms. The molecule has 1 aliphatic heterocycles. The number of carbonyl (C=O) groups is 1. The van der Waals surface area contributed by atoms with Gasteiger partial charge in [-0.3, -0.25) is 4.90 Å². The van der Waals surface area contributed by atoms with Crippen LogP contribution in [0.3, 0.4) is 0 Å². The second-order valence-corrected chi connectivity index (χ2v) is 5.88. The van der Waals surface area contributed by atoms with Crippen molar-refractivity contribution in [1.82, 2.24) is 15.1 Å². The van der Waals surface area contributed by atoms with Gasteiger partial charge in [-0.05, 0) is 17.7 Å². The van der Waals surface area contributed by atoms with Crippen LogP contribution in [-0.2, 0) is 11.3 Å². The highest BCUT2D eigenvalue weighted by Gasteiger charge is 2.13. The molecule has 0 unspecified atom stereocenters. The number of rotatable bonds is 8. The minimum Gasteiger partial charge on any atom is -0.492 e. The zero-order valence-corrected chi connectivity index (χ0v) is 14.4. The van der Waals surface area contributed by atoms with Crippen molar-refractivity contribution in [2.24, 2.45) is 0 Å². The zero-order chi connectivity index (χ0) is 18.1. The average molecular weight is 357 g/mol. The molecule has 6 nitrogen and oxygen atoms in total. The highest BCUT2D eigenvalue weighted by Crippen LogP contribution is 2.13. The van der Waals surface area contributed by atoms with E-state index in [-0.39, 0.29) is 6.54 Å². The summed E-state index contributed by atoms with van der Waals surface area (Å²) >= 11 is 0. The summed E-state index contributed by atoms with van der Waals surface area (Å²) in [6.45, 7) is 4.44. The van der Waals surface area contributed by atoms with Gasteiger partial charge in [-0.25, -0.2) is 13.6 Å². The molecule has 1 heterocycles. The SMILES string of the molecule is CN(CC(F)F)C(=O)NCc1cccc(OCCN2CCOCC2)c1. The van der Waals surface area contributed by atoms with Gasteiger partial charge in [-0.1, -0.05) is 12.1 Å². The van der Waals surface area contributed by atoms with Crippen LogP contribution in [0.15, 0.2) is 24.3 Å². The Kier molecular flexibility index (Phi) is 7.87. The lowest BCUT2D eigenvalue weighted by molar-refractivity contribution is 0.0322. The molecule has 0 bridgehead atoms. The molecule has 1 N–H and O–H groups in total. The van der Waals surface area contributed by atoms with Gasteiger partial charge >= 0.3 is 6.03 Å². The number of alkyl halides is 2. The second-order valence-electron chi connectivity index (χ2n) is 5.88. The number of amides is 2. The number of carbonyl (C=O) groups excluding carboxylic acids is 1. The minimum absolute atomic E-state index is 0.257. The molecule has 1 saturated heterocycles. The predicted octanol–water partition coefficient (Wildman–Crippen LogP) is 1.80. The summed E-state index contributed by atoms with van der Waals surface area (Å²) in [5.41, 5.74) is 0.850. The topological polar surface area (TPSA) is 54.0 Å². The molecule has 1 aromatic rings. The van der Waals surface area contributed by atoms with Crippen LogP contribution in [0.2, 0.25) is 0 Å². The van der Waals surface area contributed by atoms with Crippen molar-refractivity contribution in [1.29, 1.82) is 0 Å². The second kappa shape index (κ2) is 10.1. The third kappa shape index (κ3) is 7.23. The van der Waals surface area contributed by atoms with Crippen molar-refractivity contribution < 1.29 is 23.0 Å². The van der Waals surface area contributed by atoms with Gasteiger partial charge in [0.15, 0.2) is 0 Å². The van der Waals surface area contributed by atoms with E-state index in [4.69, 9.17) is 9.47 Å². The number of ether oxygens (including phenoxy) is 2. The van der Waals surface area contributed by atoms with E-state index in [1.807, 2.05) is 24.3 Å². The molecule has 0 aromatic heterocycles. The Morgan fingerprint density at radius 1 is 1.40 bits per heavy atom. The molecular weight excluding hydrogens is 332 g/mol. The van der Waals surface area contributed by atoms with Gasteiger partial charge in [0.1, 0.15) is 12.4 Å². The van der Waals surface area contributed by atoms with E-state index < -0.39 is 19.0 Å². The molecule has 0 saturated carbocycles. The van der Waals surface area contributed by atoms with Crippen LogP contribution in [0, 0.1) is 0 Å². The standard InChI is InChI=1S/C17H25F2N3O3/c1-21(13-16(18)19)17(23)20-12-14-3-2-4-15(11-14)25-10-7-22-5-8-24-9-6-22/h2-4,11,16H,5-10,12-13H2,1H3,(H,20,23). The summed E-state index contributed by atoms with van der Waals surface area (Å²) in [7, 11) is 1.34. The highest BCUT2D eigenvalue weighted by molar-refractivity contribution is 5.73. The molecule has 1 fully saturated rings. The molecule has 0 spiro atoms. The monoisotopic (exact) mass is 357 g/mol. The largest absolute Gasteiger partial charge is 0.492 e. The smallest absolute Gasteiger partial charge is 0.317 e. The van der Waals surface area contributed by atoms with E-state index in [9.17, 15) is 13.6 Å². The first kappa shape index (κ1) is 19.4. The van der Waals surface area contributed by atoms with Gasteiger partial charge in [0.25, 0.3) is 6.43 Å².